The summed E-state index contributed by atoms with van der Waals surface area (Å²) >= 11 is 3.69. The summed E-state index contributed by atoms with van der Waals surface area (Å²) in [5.41, 5.74) is 3.87. The number of para-hydroxylation sites is 1. The van der Waals surface area contributed by atoms with Crippen LogP contribution in [0.5, 0.6) is 0 Å². The van der Waals surface area contributed by atoms with Gasteiger partial charge in [-0.2, -0.15) is 0 Å². The zero-order valence-electron chi connectivity index (χ0n) is 10.7. The molecule has 1 aliphatic heterocycles. The molecule has 1 aliphatic rings. The van der Waals surface area contributed by atoms with E-state index in [4.69, 9.17) is 4.74 Å². The minimum absolute atomic E-state index is 0.382. The summed E-state index contributed by atoms with van der Waals surface area (Å²) in [5, 5.41) is 2.64. The Hall–Kier alpha value is -1.32. The van der Waals surface area contributed by atoms with Crippen molar-refractivity contribution in [3.05, 3.63) is 46.4 Å². The molecule has 3 heteroatoms. The Bertz CT molecular complexity index is 786. The summed E-state index contributed by atoms with van der Waals surface area (Å²) < 4.78 is 8.94. The smallest absolute Gasteiger partial charge is 0.0988 e. The van der Waals surface area contributed by atoms with Crippen molar-refractivity contribution in [2.75, 3.05) is 6.61 Å². The molecule has 1 unspecified atom stereocenters. The van der Waals surface area contributed by atoms with Gasteiger partial charge in [0.1, 0.15) is 0 Å². The maximum absolute atomic E-state index is 5.41. The maximum Gasteiger partial charge on any atom is 0.0988 e. The Morgan fingerprint density at radius 1 is 1.26 bits per heavy atom. The van der Waals surface area contributed by atoms with Crippen LogP contribution in [0.3, 0.4) is 0 Å². The van der Waals surface area contributed by atoms with Gasteiger partial charge in [0.05, 0.1) is 24.8 Å². The topological polar surface area (TPSA) is 17.5 Å². The minimum Gasteiger partial charge on any atom is -0.371 e. The van der Waals surface area contributed by atoms with Gasteiger partial charge in [-0.15, -0.1) is 0 Å². The molecule has 1 saturated heterocycles. The largest absolute Gasteiger partial charge is 0.371 e. The lowest BCUT2D eigenvalue weighted by molar-refractivity contribution is 0.387. The standard InChI is InChI=1S/C16H14BrNO/c1-10-5-6-15-13(7-10)12-3-2-4-14(17)16(12)18(15)8-11-9-19-11/h2-7,11H,8-9H2,1H3. The SMILES string of the molecule is Cc1ccc2c(c1)c1cccc(Br)c1n2CC1CO1. The highest BCUT2D eigenvalue weighted by Crippen LogP contribution is 2.35. The van der Waals surface area contributed by atoms with Crippen molar-refractivity contribution in [3.63, 3.8) is 0 Å². The number of hydrogen-bond acceptors (Lipinski definition) is 1. The van der Waals surface area contributed by atoms with Gasteiger partial charge in [-0.05, 0) is 41.1 Å². The van der Waals surface area contributed by atoms with Crippen molar-refractivity contribution in [3.8, 4) is 0 Å². The van der Waals surface area contributed by atoms with E-state index in [1.165, 1.54) is 27.4 Å². The van der Waals surface area contributed by atoms with Gasteiger partial charge in [0.15, 0.2) is 0 Å². The van der Waals surface area contributed by atoms with Gasteiger partial charge in [-0.25, -0.2) is 0 Å². The summed E-state index contributed by atoms with van der Waals surface area (Å²) in [7, 11) is 0. The van der Waals surface area contributed by atoms with Crippen molar-refractivity contribution in [1.29, 1.82) is 0 Å². The summed E-state index contributed by atoms with van der Waals surface area (Å²) in [5.74, 6) is 0. The fourth-order valence-corrected chi connectivity index (χ4v) is 3.38. The molecule has 0 aliphatic carbocycles. The quantitative estimate of drug-likeness (QED) is 0.646. The number of epoxide rings is 1. The van der Waals surface area contributed by atoms with Crippen LogP contribution in [0.4, 0.5) is 0 Å². The van der Waals surface area contributed by atoms with Crippen LogP contribution in [0.25, 0.3) is 21.8 Å². The number of aryl methyl sites for hydroxylation is 1. The molecule has 96 valence electrons. The number of rotatable bonds is 2. The maximum atomic E-state index is 5.41. The van der Waals surface area contributed by atoms with Crippen molar-refractivity contribution in [2.24, 2.45) is 0 Å². The predicted octanol–water partition coefficient (Wildman–Crippen LogP) is 4.26. The molecular formula is C16H14BrNO. The first-order valence-electron chi connectivity index (χ1n) is 6.53. The van der Waals surface area contributed by atoms with Crippen LogP contribution in [-0.4, -0.2) is 17.3 Å². The van der Waals surface area contributed by atoms with Crippen LogP contribution in [0.15, 0.2) is 40.9 Å². The van der Waals surface area contributed by atoms with Gasteiger partial charge >= 0.3 is 0 Å². The van der Waals surface area contributed by atoms with Crippen molar-refractivity contribution < 1.29 is 4.74 Å². The molecule has 0 amide bonds. The third kappa shape index (κ3) is 1.80. The molecule has 2 heterocycles. The summed E-state index contributed by atoms with van der Waals surface area (Å²) in [6, 6.07) is 13.1. The highest BCUT2D eigenvalue weighted by atomic mass is 79.9. The Kier molecular flexibility index (Phi) is 2.47. The molecule has 1 atom stereocenters. The minimum atomic E-state index is 0.382. The van der Waals surface area contributed by atoms with E-state index in [0.717, 1.165) is 17.6 Å². The average molecular weight is 316 g/mol. The molecule has 0 radical (unpaired) electrons. The lowest BCUT2D eigenvalue weighted by atomic mass is 10.1. The molecule has 1 aromatic heterocycles. The second kappa shape index (κ2) is 4.09. The van der Waals surface area contributed by atoms with Crippen molar-refractivity contribution in [1.82, 2.24) is 4.57 Å². The number of nitrogens with zero attached hydrogens (tertiary/aromatic N) is 1. The third-order valence-corrected chi connectivity index (χ3v) is 4.42. The molecule has 0 spiro atoms. The average Bonchev–Trinajstić information content (AvgIpc) is 3.15. The monoisotopic (exact) mass is 315 g/mol. The fraction of sp³-hybridized carbons (Fsp3) is 0.250. The fourth-order valence-electron chi connectivity index (χ4n) is 2.80. The van der Waals surface area contributed by atoms with Gasteiger partial charge < -0.3 is 9.30 Å². The molecule has 4 rings (SSSR count). The normalized spacial score (nSPS) is 18.3. The molecule has 2 aromatic carbocycles. The first-order chi connectivity index (χ1) is 9.24. The highest BCUT2D eigenvalue weighted by Gasteiger charge is 2.25. The number of hydrogen-bond donors (Lipinski definition) is 0. The van der Waals surface area contributed by atoms with E-state index in [-0.39, 0.29) is 0 Å². The molecule has 0 bridgehead atoms. The first-order valence-corrected chi connectivity index (χ1v) is 7.32. The molecule has 19 heavy (non-hydrogen) atoms. The lowest BCUT2D eigenvalue weighted by Crippen LogP contribution is -2.03. The predicted molar refractivity (Wildman–Crippen MR) is 81.6 cm³/mol. The number of aromatic nitrogens is 1. The number of fused-ring (bicyclic) bond motifs is 3. The van der Waals surface area contributed by atoms with Gasteiger partial charge in [0.25, 0.3) is 0 Å². The Morgan fingerprint density at radius 3 is 2.89 bits per heavy atom. The van der Waals surface area contributed by atoms with Crippen LogP contribution >= 0.6 is 15.9 Å². The molecule has 0 N–H and O–H groups in total. The van der Waals surface area contributed by atoms with E-state index < -0.39 is 0 Å². The lowest BCUT2D eigenvalue weighted by Gasteiger charge is -2.06. The molecular weight excluding hydrogens is 302 g/mol. The highest BCUT2D eigenvalue weighted by molar-refractivity contribution is 9.10. The second-order valence-corrected chi connectivity index (χ2v) is 6.08. The van der Waals surface area contributed by atoms with Gasteiger partial charge in [0, 0.05) is 20.8 Å². The van der Waals surface area contributed by atoms with E-state index in [9.17, 15) is 0 Å². The van der Waals surface area contributed by atoms with Crippen LogP contribution in [0, 0.1) is 6.92 Å². The molecule has 0 saturated carbocycles. The summed E-state index contributed by atoms with van der Waals surface area (Å²) in [6.45, 7) is 3.97. The van der Waals surface area contributed by atoms with Crippen molar-refractivity contribution >= 4 is 37.7 Å². The van der Waals surface area contributed by atoms with Gasteiger partial charge in [-0.3, -0.25) is 0 Å². The van der Waals surface area contributed by atoms with E-state index in [0.29, 0.717) is 6.10 Å². The van der Waals surface area contributed by atoms with Crippen LogP contribution in [-0.2, 0) is 11.3 Å². The second-order valence-electron chi connectivity index (χ2n) is 5.22. The number of halogens is 1. The van der Waals surface area contributed by atoms with E-state index in [1.807, 2.05) is 0 Å². The summed E-state index contributed by atoms with van der Waals surface area (Å²) in [6.07, 6.45) is 0.382. The molecule has 3 aromatic rings. The van der Waals surface area contributed by atoms with Crippen molar-refractivity contribution in [2.45, 2.75) is 19.6 Å². The first kappa shape index (κ1) is 11.5. The molecule has 2 nitrogen and oxygen atoms in total. The van der Waals surface area contributed by atoms with E-state index in [1.54, 1.807) is 0 Å². The zero-order valence-corrected chi connectivity index (χ0v) is 12.3. The number of ether oxygens (including phenoxy) is 1. The van der Waals surface area contributed by atoms with Crippen LogP contribution < -0.4 is 0 Å². The summed E-state index contributed by atoms with van der Waals surface area (Å²) in [4.78, 5) is 0. The number of benzene rings is 2. The van der Waals surface area contributed by atoms with Crippen LogP contribution in [0.2, 0.25) is 0 Å². The zero-order chi connectivity index (χ0) is 13.0. The van der Waals surface area contributed by atoms with E-state index >= 15 is 0 Å². The van der Waals surface area contributed by atoms with E-state index in [2.05, 4.69) is 63.8 Å². The Morgan fingerprint density at radius 2 is 2.11 bits per heavy atom. The van der Waals surface area contributed by atoms with Crippen LogP contribution in [0.1, 0.15) is 5.56 Å². The molecule has 1 fully saturated rings. The van der Waals surface area contributed by atoms with Gasteiger partial charge in [-0.1, -0.05) is 23.8 Å². The van der Waals surface area contributed by atoms with Gasteiger partial charge in [0.2, 0.25) is 0 Å². The Balaban J connectivity index is 2.13. The Labute approximate surface area is 120 Å². The third-order valence-electron chi connectivity index (χ3n) is 3.78.